The molecule has 0 aromatic heterocycles. The minimum absolute atomic E-state index is 0.126. The van der Waals surface area contributed by atoms with E-state index in [0.29, 0.717) is 5.75 Å². The molecule has 0 bridgehead atoms. The highest BCUT2D eigenvalue weighted by Crippen LogP contribution is 2.32. The van der Waals surface area contributed by atoms with Crippen LogP contribution in [0.25, 0.3) is 0 Å². The summed E-state index contributed by atoms with van der Waals surface area (Å²) in [5.41, 5.74) is 5.38. The Morgan fingerprint density at radius 1 is 1.44 bits per heavy atom. The Morgan fingerprint density at radius 3 is 2.50 bits per heavy atom. The van der Waals surface area contributed by atoms with Crippen molar-refractivity contribution in [2.45, 2.75) is 19.9 Å². The lowest BCUT2D eigenvalue weighted by Crippen LogP contribution is -2.45. The molecule has 0 unspecified atom stereocenters. The highest BCUT2D eigenvalue weighted by atomic mass is 16.5. The van der Waals surface area contributed by atoms with Gasteiger partial charge >= 0.3 is 0 Å². The maximum Gasteiger partial charge on any atom is 0.240 e. The van der Waals surface area contributed by atoms with Gasteiger partial charge in [0.25, 0.3) is 0 Å². The highest BCUT2D eigenvalue weighted by molar-refractivity contribution is 6.00. The molecule has 0 aliphatic rings. The van der Waals surface area contributed by atoms with Crippen LogP contribution in [-0.2, 0) is 9.59 Å². The number of nitrogens with two attached hydrogens (primary N) is 1. The minimum atomic E-state index is -0.861. The van der Waals surface area contributed by atoms with Gasteiger partial charge in [-0.25, -0.2) is 0 Å². The number of anilines is 1. The second-order valence-electron chi connectivity index (χ2n) is 3.82. The smallest absolute Gasteiger partial charge is 0.240 e. The first-order valence-electron chi connectivity index (χ1n) is 5.34. The van der Waals surface area contributed by atoms with Crippen molar-refractivity contribution < 1.29 is 19.4 Å². The van der Waals surface area contributed by atoms with Gasteiger partial charge < -0.3 is 15.6 Å². The summed E-state index contributed by atoms with van der Waals surface area (Å²) in [6, 6.07) is 3.54. The van der Waals surface area contributed by atoms with Crippen molar-refractivity contribution in [1.29, 1.82) is 0 Å². The van der Waals surface area contributed by atoms with Crippen molar-refractivity contribution >= 4 is 17.5 Å². The SMILES string of the molecule is COc1ccc(O)c(N(C(C)=O)[C@@H](C)C(N)=O)c1. The molecule has 0 radical (unpaired) electrons. The molecule has 0 aliphatic carbocycles. The molecule has 98 valence electrons. The number of primary amides is 1. The summed E-state index contributed by atoms with van der Waals surface area (Å²) >= 11 is 0. The average Bonchev–Trinajstić information content (AvgIpc) is 2.31. The van der Waals surface area contributed by atoms with Crippen molar-refractivity contribution in [3.63, 3.8) is 0 Å². The van der Waals surface area contributed by atoms with E-state index in [1.54, 1.807) is 6.07 Å². The molecular formula is C12H16N2O4. The zero-order valence-corrected chi connectivity index (χ0v) is 10.5. The van der Waals surface area contributed by atoms with Crippen LogP contribution in [0.4, 0.5) is 5.69 Å². The first kappa shape index (κ1) is 13.8. The molecule has 0 fully saturated rings. The zero-order valence-electron chi connectivity index (χ0n) is 10.5. The van der Waals surface area contributed by atoms with Crippen molar-refractivity contribution in [3.8, 4) is 11.5 Å². The van der Waals surface area contributed by atoms with Crippen molar-refractivity contribution in [2.75, 3.05) is 12.0 Å². The van der Waals surface area contributed by atoms with Crippen LogP contribution in [0.5, 0.6) is 11.5 Å². The Hall–Kier alpha value is -2.24. The molecule has 0 spiro atoms. The van der Waals surface area contributed by atoms with Gasteiger partial charge in [0.05, 0.1) is 12.8 Å². The molecule has 1 atom stereocenters. The van der Waals surface area contributed by atoms with Gasteiger partial charge in [0, 0.05) is 13.0 Å². The van der Waals surface area contributed by atoms with Crippen molar-refractivity contribution in [3.05, 3.63) is 18.2 Å². The van der Waals surface area contributed by atoms with E-state index in [2.05, 4.69) is 0 Å². The number of aromatic hydroxyl groups is 1. The molecule has 1 rings (SSSR count). The predicted molar refractivity (Wildman–Crippen MR) is 66.5 cm³/mol. The number of rotatable bonds is 4. The van der Waals surface area contributed by atoms with Gasteiger partial charge in [-0.15, -0.1) is 0 Å². The van der Waals surface area contributed by atoms with Crippen LogP contribution in [0.1, 0.15) is 13.8 Å². The van der Waals surface area contributed by atoms with E-state index >= 15 is 0 Å². The van der Waals surface area contributed by atoms with Crippen LogP contribution in [0.15, 0.2) is 18.2 Å². The summed E-state index contributed by atoms with van der Waals surface area (Å²) in [6.45, 7) is 2.78. The number of phenolic OH excluding ortho intramolecular Hbond substituents is 1. The molecule has 18 heavy (non-hydrogen) atoms. The van der Waals surface area contributed by atoms with Crippen LogP contribution in [-0.4, -0.2) is 30.1 Å². The fraction of sp³-hybridized carbons (Fsp3) is 0.333. The van der Waals surface area contributed by atoms with Gasteiger partial charge in [-0.2, -0.15) is 0 Å². The van der Waals surface area contributed by atoms with E-state index in [0.717, 1.165) is 4.90 Å². The van der Waals surface area contributed by atoms with Crippen LogP contribution < -0.4 is 15.4 Å². The van der Waals surface area contributed by atoms with Gasteiger partial charge in [0.1, 0.15) is 17.5 Å². The van der Waals surface area contributed by atoms with Gasteiger partial charge in [0.15, 0.2) is 0 Å². The summed E-state index contributed by atoms with van der Waals surface area (Å²) in [6.07, 6.45) is 0. The second kappa shape index (κ2) is 5.39. The maximum atomic E-state index is 11.6. The lowest BCUT2D eigenvalue weighted by Gasteiger charge is -2.26. The van der Waals surface area contributed by atoms with Gasteiger partial charge in [-0.05, 0) is 19.1 Å². The number of nitrogens with zero attached hydrogens (tertiary/aromatic N) is 1. The van der Waals surface area contributed by atoms with E-state index in [1.165, 1.54) is 33.1 Å². The Bertz CT molecular complexity index is 473. The fourth-order valence-electron chi connectivity index (χ4n) is 1.60. The van der Waals surface area contributed by atoms with Crippen LogP contribution in [0.3, 0.4) is 0 Å². The molecule has 6 nitrogen and oxygen atoms in total. The first-order chi connectivity index (χ1) is 8.38. The Balaban J connectivity index is 3.29. The largest absolute Gasteiger partial charge is 0.506 e. The monoisotopic (exact) mass is 252 g/mol. The quantitative estimate of drug-likeness (QED) is 0.821. The summed E-state index contributed by atoms with van der Waals surface area (Å²) in [5, 5.41) is 9.78. The third-order valence-corrected chi connectivity index (χ3v) is 2.58. The number of hydrogen-bond acceptors (Lipinski definition) is 4. The first-order valence-corrected chi connectivity index (χ1v) is 5.34. The molecule has 2 amide bonds. The molecule has 1 aromatic carbocycles. The summed E-state index contributed by atoms with van der Waals surface area (Å²) in [5.74, 6) is -0.720. The molecule has 0 aliphatic heterocycles. The number of ether oxygens (including phenoxy) is 1. The minimum Gasteiger partial charge on any atom is -0.506 e. The van der Waals surface area contributed by atoms with Crippen molar-refractivity contribution in [2.24, 2.45) is 5.73 Å². The molecule has 3 N–H and O–H groups in total. The standard InChI is InChI=1S/C12H16N2O4/c1-7(12(13)17)14(8(2)15)10-6-9(18-3)4-5-11(10)16/h4-7,16H,1-3H3,(H2,13,17)/t7-/m0/s1. The number of amides is 2. The number of methoxy groups -OCH3 is 1. The molecule has 0 saturated carbocycles. The van der Waals surface area contributed by atoms with E-state index in [-0.39, 0.29) is 11.4 Å². The number of carbonyl (C=O) groups excluding carboxylic acids is 2. The molecule has 0 heterocycles. The van der Waals surface area contributed by atoms with E-state index in [9.17, 15) is 14.7 Å². The summed E-state index contributed by atoms with van der Waals surface area (Å²) in [7, 11) is 1.46. The van der Waals surface area contributed by atoms with E-state index in [1.807, 2.05) is 0 Å². The van der Waals surface area contributed by atoms with Crippen LogP contribution >= 0.6 is 0 Å². The number of phenols is 1. The summed E-state index contributed by atoms with van der Waals surface area (Å²) < 4.78 is 5.01. The van der Waals surface area contributed by atoms with Gasteiger partial charge in [0.2, 0.25) is 11.8 Å². The maximum absolute atomic E-state index is 11.6. The lowest BCUT2D eigenvalue weighted by molar-refractivity contribution is -0.123. The topological polar surface area (TPSA) is 92.9 Å². The zero-order chi connectivity index (χ0) is 13.9. The molecule has 6 heteroatoms. The number of benzene rings is 1. The molecular weight excluding hydrogens is 236 g/mol. The average molecular weight is 252 g/mol. The molecule has 0 saturated heterocycles. The van der Waals surface area contributed by atoms with Crippen LogP contribution in [0, 0.1) is 0 Å². The normalized spacial score (nSPS) is 11.7. The van der Waals surface area contributed by atoms with E-state index < -0.39 is 17.9 Å². The third-order valence-electron chi connectivity index (χ3n) is 2.58. The predicted octanol–water partition coefficient (Wildman–Crippen LogP) is 0.627. The van der Waals surface area contributed by atoms with Crippen LogP contribution in [0.2, 0.25) is 0 Å². The Kier molecular flexibility index (Phi) is 4.14. The van der Waals surface area contributed by atoms with Gasteiger partial charge in [-0.1, -0.05) is 0 Å². The fourth-order valence-corrected chi connectivity index (χ4v) is 1.60. The number of hydrogen-bond donors (Lipinski definition) is 2. The van der Waals surface area contributed by atoms with Crippen molar-refractivity contribution in [1.82, 2.24) is 0 Å². The highest BCUT2D eigenvalue weighted by Gasteiger charge is 2.25. The lowest BCUT2D eigenvalue weighted by atomic mass is 10.2. The second-order valence-corrected chi connectivity index (χ2v) is 3.82. The summed E-state index contributed by atoms with van der Waals surface area (Å²) in [4.78, 5) is 23.9. The third kappa shape index (κ3) is 2.71. The van der Waals surface area contributed by atoms with E-state index in [4.69, 9.17) is 10.5 Å². The van der Waals surface area contributed by atoms with Gasteiger partial charge in [-0.3, -0.25) is 14.5 Å². The number of carbonyl (C=O) groups is 2. The Morgan fingerprint density at radius 2 is 2.06 bits per heavy atom. The molecule has 1 aromatic rings. The Labute approximate surface area is 105 Å².